The molecule has 5 nitrogen and oxygen atoms in total. The summed E-state index contributed by atoms with van der Waals surface area (Å²) >= 11 is 6.02. The fourth-order valence-electron chi connectivity index (χ4n) is 2.77. The number of benzene rings is 2. The first-order chi connectivity index (χ1) is 12.7. The molecule has 3 aromatic rings. The van der Waals surface area contributed by atoms with Gasteiger partial charge in [0, 0.05) is 29.5 Å². The Hall–Kier alpha value is -2.79. The molecule has 1 N–H and O–H groups in total. The number of carbonyl (C=O) groups is 1. The zero-order chi connectivity index (χ0) is 18.4. The number of rotatable bonds is 7. The molecule has 0 aliphatic carbocycles. The number of nitrogens with one attached hydrogen (secondary N) is 1. The van der Waals surface area contributed by atoms with E-state index in [1.807, 2.05) is 41.2 Å². The molecule has 0 saturated carbocycles. The molecule has 3 rings (SSSR count). The summed E-state index contributed by atoms with van der Waals surface area (Å²) in [6, 6.07) is 15.2. The van der Waals surface area contributed by atoms with Gasteiger partial charge in [0.25, 0.3) is 0 Å². The Morgan fingerprint density at radius 2 is 1.96 bits per heavy atom. The predicted octanol–water partition coefficient (Wildman–Crippen LogP) is 3.45. The second kappa shape index (κ2) is 8.54. The molecule has 0 bridgehead atoms. The first-order valence-electron chi connectivity index (χ1n) is 8.29. The highest BCUT2D eigenvalue weighted by Crippen LogP contribution is 2.23. The van der Waals surface area contributed by atoms with Crippen LogP contribution in [0.25, 0.3) is 0 Å². The van der Waals surface area contributed by atoms with E-state index in [4.69, 9.17) is 16.3 Å². The molecular formula is C20H20ClN3O2. The van der Waals surface area contributed by atoms with Gasteiger partial charge in [-0.25, -0.2) is 0 Å². The number of hydrogen-bond donors (Lipinski definition) is 1. The van der Waals surface area contributed by atoms with Crippen molar-refractivity contribution in [2.45, 2.75) is 19.5 Å². The number of hydrogen-bond acceptors (Lipinski definition) is 3. The van der Waals surface area contributed by atoms with Crippen molar-refractivity contribution in [3.05, 3.63) is 82.6 Å². The van der Waals surface area contributed by atoms with Crippen molar-refractivity contribution in [2.75, 3.05) is 7.11 Å². The van der Waals surface area contributed by atoms with E-state index in [9.17, 15) is 4.79 Å². The van der Waals surface area contributed by atoms with Crippen molar-refractivity contribution in [1.29, 1.82) is 0 Å². The van der Waals surface area contributed by atoms with Crippen molar-refractivity contribution in [2.24, 2.45) is 0 Å². The van der Waals surface area contributed by atoms with Gasteiger partial charge in [-0.3, -0.25) is 9.48 Å². The molecular weight excluding hydrogens is 350 g/mol. The highest BCUT2D eigenvalue weighted by Gasteiger charge is 2.10. The van der Waals surface area contributed by atoms with Gasteiger partial charge in [-0.15, -0.1) is 0 Å². The van der Waals surface area contributed by atoms with E-state index in [-0.39, 0.29) is 12.3 Å². The molecule has 134 valence electrons. The first kappa shape index (κ1) is 18.0. The zero-order valence-electron chi connectivity index (χ0n) is 14.5. The first-order valence-corrected chi connectivity index (χ1v) is 8.67. The Balaban J connectivity index is 1.64. The second-order valence-corrected chi connectivity index (χ2v) is 6.32. The van der Waals surface area contributed by atoms with Crippen LogP contribution in [0, 0.1) is 0 Å². The number of halogens is 1. The Bertz CT molecular complexity index is 879. The van der Waals surface area contributed by atoms with E-state index in [0.29, 0.717) is 23.9 Å². The topological polar surface area (TPSA) is 56.1 Å². The van der Waals surface area contributed by atoms with Crippen molar-refractivity contribution < 1.29 is 9.53 Å². The third-order valence-corrected chi connectivity index (χ3v) is 4.31. The molecule has 0 fully saturated rings. The molecule has 0 aliphatic rings. The van der Waals surface area contributed by atoms with Crippen LogP contribution in [-0.4, -0.2) is 22.8 Å². The summed E-state index contributed by atoms with van der Waals surface area (Å²) in [5, 5.41) is 7.79. The van der Waals surface area contributed by atoms with Crippen molar-refractivity contribution in [1.82, 2.24) is 15.1 Å². The van der Waals surface area contributed by atoms with Crippen LogP contribution in [0.1, 0.15) is 16.7 Å². The third-order valence-electron chi connectivity index (χ3n) is 4.08. The van der Waals surface area contributed by atoms with Crippen LogP contribution in [0.4, 0.5) is 0 Å². The van der Waals surface area contributed by atoms with Gasteiger partial charge in [-0.1, -0.05) is 35.9 Å². The molecule has 1 heterocycles. The quantitative estimate of drug-likeness (QED) is 0.694. The fourth-order valence-corrected chi connectivity index (χ4v) is 2.96. The molecule has 0 radical (unpaired) electrons. The van der Waals surface area contributed by atoms with E-state index in [1.54, 1.807) is 31.5 Å². The fraction of sp³-hybridized carbons (Fsp3) is 0.200. The van der Waals surface area contributed by atoms with Crippen LogP contribution in [0.2, 0.25) is 5.02 Å². The average molecular weight is 370 g/mol. The van der Waals surface area contributed by atoms with Gasteiger partial charge >= 0.3 is 0 Å². The van der Waals surface area contributed by atoms with Crippen LogP contribution < -0.4 is 10.1 Å². The number of nitrogens with zero attached hydrogens (tertiary/aromatic N) is 2. The summed E-state index contributed by atoms with van der Waals surface area (Å²) in [5.74, 6) is 0.572. The maximum Gasteiger partial charge on any atom is 0.224 e. The molecule has 1 aromatic heterocycles. The summed E-state index contributed by atoms with van der Waals surface area (Å²) in [6.07, 6.45) is 3.88. The van der Waals surface area contributed by atoms with Crippen LogP contribution >= 0.6 is 11.6 Å². The molecule has 2 aromatic carbocycles. The molecule has 0 atom stereocenters. The smallest absolute Gasteiger partial charge is 0.224 e. The predicted molar refractivity (Wildman–Crippen MR) is 101 cm³/mol. The molecule has 1 amide bonds. The minimum atomic E-state index is -0.0838. The minimum Gasteiger partial charge on any atom is -0.496 e. The lowest BCUT2D eigenvalue weighted by molar-refractivity contribution is -0.120. The maximum atomic E-state index is 12.4. The molecule has 6 heteroatoms. The van der Waals surface area contributed by atoms with Crippen molar-refractivity contribution >= 4 is 17.5 Å². The third kappa shape index (κ3) is 4.64. The van der Waals surface area contributed by atoms with Crippen molar-refractivity contribution in [3.8, 4) is 5.75 Å². The Kier molecular flexibility index (Phi) is 5.92. The normalized spacial score (nSPS) is 10.5. The lowest BCUT2D eigenvalue weighted by atomic mass is 10.1. The molecule has 26 heavy (non-hydrogen) atoms. The Labute approximate surface area is 157 Å². The van der Waals surface area contributed by atoms with Gasteiger partial charge in [-0.2, -0.15) is 5.10 Å². The van der Waals surface area contributed by atoms with Crippen LogP contribution in [0.5, 0.6) is 5.75 Å². The van der Waals surface area contributed by atoms with Gasteiger partial charge in [0.2, 0.25) is 5.91 Å². The summed E-state index contributed by atoms with van der Waals surface area (Å²) < 4.78 is 7.15. The monoisotopic (exact) mass is 369 g/mol. The SMILES string of the molecule is COc1ccc(Cl)cc1CC(=O)NCc1ccccc1Cn1cccn1. The van der Waals surface area contributed by atoms with E-state index in [1.165, 1.54) is 0 Å². The largest absolute Gasteiger partial charge is 0.496 e. The summed E-state index contributed by atoms with van der Waals surface area (Å²) in [7, 11) is 1.58. The van der Waals surface area contributed by atoms with Crippen molar-refractivity contribution in [3.63, 3.8) is 0 Å². The zero-order valence-corrected chi connectivity index (χ0v) is 15.2. The lowest BCUT2D eigenvalue weighted by Crippen LogP contribution is -2.25. The van der Waals surface area contributed by atoms with Gasteiger partial charge in [0.15, 0.2) is 0 Å². The number of ether oxygens (including phenoxy) is 1. The maximum absolute atomic E-state index is 12.4. The lowest BCUT2D eigenvalue weighted by Gasteiger charge is -2.12. The summed E-state index contributed by atoms with van der Waals surface area (Å²) in [4.78, 5) is 12.4. The average Bonchev–Trinajstić information content (AvgIpc) is 3.14. The minimum absolute atomic E-state index is 0.0838. The number of amides is 1. The number of aromatic nitrogens is 2. The highest BCUT2D eigenvalue weighted by atomic mass is 35.5. The molecule has 0 unspecified atom stereocenters. The second-order valence-electron chi connectivity index (χ2n) is 5.88. The van der Waals surface area contributed by atoms with Crippen LogP contribution in [0.3, 0.4) is 0 Å². The standard InChI is InChI=1S/C20H20ClN3O2/c1-26-19-8-7-18(21)11-17(19)12-20(25)22-13-15-5-2-3-6-16(15)14-24-10-4-9-23-24/h2-11H,12-14H2,1H3,(H,22,25). The Morgan fingerprint density at radius 1 is 1.15 bits per heavy atom. The van der Waals surface area contributed by atoms with E-state index < -0.39 is 0 Å². The van der Waals surface area contributed by atoms with Gasteiger partial charge in [0.05, 0.1) is 20.1 Å². The van der Waals surface area contributed by atoms with E-state index in [2.05, 4.69) is 10.4 Å². The van der Waals surface area contributed by atoms with Gasteiger partial charge < -0.3 is 10.1 Å². The van der Waals surface area contributed by atoms with E-state index >= 15 is 0 Å². The van der Waals surface area contributed by atoms with Crippen LogP contribution in [0.15, 0.2) is 60.9 Å². The Morgan fingerprint density at radius 3 is 2.69 bits per heavy atom. The molecule has 0 spiro atoms. The highest BCUT2D eigenvalue weighted by molar-refractivity contribution is 6.30. The van der Waals surface area contributed by atoms with E-state index in [0.717, 1.165) is 16.7 Å². The van der Waals surface area contributed by atoms with Gasteiger partial charge in [0.1, 0.15) is 5.75 Å². The molecule has 0 saturated heterocycles. The number of carbonyl (C=O) groups excluding carboxylic acids is 1. The molecule has 0 aliphatic heterocycles. The summed E-state index contributed by atoms with van der Waals surface area (Å²) in [5.41, 5.74) is 2.95. The van der Waals surface area contributed by atoms with Crippen LogP contribution in [-0.2, 0) is 24.3 Å². The van der Waals surface area contributed by atoms with Gasteiger partial charge in [-0.05, 0) is 35.4 Å². The summed E-state index contributed by atoms with van der Waals surface area (Å²) in [6.45, 7) is 1.13. The number of methoxy groups -OCH3 is 1.